The summed E-state index contributed by atoms with van der Waals surface area (Å²) < 4.78 is 28.6. The van der Waals surface area contributed by atoms with Crippen molar-refractivity contribution >= 4 is 39.1 Å². The molecule has 1 aliphatic heterocycles. The maximum Gasteiger partial charge on any atom is 0.264 e. The molecule has 4 rings (SSSR count). The monoisotopic (exact) mass is 393 g/mol. The highest BCUT2D eigenvalue weighted by atomic mass is 35.5. The van der Waals surface area contributed by atoms with Gasteiger partial charge in [-0.25, -0.2) is 8.42 Å². The molecular formula is C19H20ClNO2S2. The van der Waals surface area contributed by atoms with Crippen molar-refractivity contribution in [2.24, 2.45) is 0 Å². The minimum atomic E-state index is -3.60. The number of hydrogen-bond donors (Lipinski definition) is 0. The van der Waals surface area contributed by atoms with Crippen molar-refractivity contribution in [1.29, 1.82) is 0 Å². The Morgan fingerprint density at radius 3 is 2.56 bits per heavy atom. The minimum absolute atomic E-state index is 0.0127. The first-order valence-corrected chi connectivity index (χ1v) is 11.2. The molecule has 2 atom stereocenters. The van der Waals surface area contributed by atoms with Gasteiger partial charge < -0.3 is 0 Å². The summed E-state index contributed by atoms with van der Waals surface area (Å²) in [6.07, 6.45) is 4.18. The van der Waals surface area contributed by atoms with E-state index in [0.717, 1.165) is 41.8 Å². The molecule has 0 saturated heterocycles. The van der Waals surface area contributed by atoms with Gasteiger partial charge in [-0.2, -0.15) is 0 Å². The number of fused-ring (bicyclic) bond motifs is 2. The Morgan fingerprint density at radius 1 is 1.08 bits per heavy atom. The highest BCUT2D eigenvalue weighted by Crippen LogP contribution is 2.49. The molecule has 1 aliphatic carbocycles. The second kappa shape index (κ2) is 6.53. The third-order valence-corrected chi connectivity index (χ3v) is 8.51. The van der Waals surface area contributed by atoms with E-state index >= 15 is 0 Å². The van der Waals surface area contributed by atoms with Crippen LogP contribution >= 0.6 is 23.4 Å². The van der Waals surface area contributed by atoms with E-state index in [1.165, 1.54) is 0 Å². The Morgan fingerprint density at radius 2 is 1.80 bits per heavy atom. The fourth-order valence-corrected chi connectivity index (χ4v) is 7.33. The summed E-state index contributed by atoms with van der Waals surface area (Å²) in [5.74, 6) is 0. The molecule has 1 saturated carbocycles. The zero-order valence-electron chi connectivity index (χ0n) is 14.0. The first-order valence-electron chi connectivity index (χ1n) is 8.54. The van der Waals surface area contributed by atoms with Crippen molar-refractivity contribution in [2.45, 2.75) is 53.7 Å². The lowest BCUT2D eigenvalue weighted by atomic mass is 9.94. The minimum Gasteiger partial charge on any atom is -0.261 e. The smallest absolute Gasteiger partial charge is 0.261 e. The number of nitrogens with zero attached hydrogens (tertiary/aromatic N) is 1. The van der Waals surface area contributed by atoms with Gasteiger partial charge in [0.2, 0.25) is 0 Å². The molecule has 0 aromatic heterocycles. The van der Waals surface area contributed by atoms with E-state index in [2.05, 4.69) is 0 Å². The average Bonchev–Trinajstić information content (AvgIpc) is 2.59. The van der Waals surface area contributed by atoms with Gasteiger partial charge in [0.05, 0.1) is 16.6 Å². The molecule has 2 aromatic carbocycles. The van der Waals surface area contributed by atoms with Crippen LogP contribution in [-0.4, -0.2) is 19.7 Å². The number of rotatable bonds is 2. The average molecular weight is 394 g/mol. The first kappa shape index (κ1) is 17.3. The molecule has 1 fully saturated rings. The van der Waals surface area contributed by atoms with Crippen molar-refractivity contribution in [3.8, 4) is 0 Å². The van der Waals surface area contributed by atoms with Gasteiger partial charge >= 0.3 is 0 Å². The van der Waals surface area contributed by atoms with Gasteiger partial charge in [-0.3, -0.25) is 4.31 Å². The van der Waals surface area contributed by atoms with Crippen LogP contribution in [0.15, 0.2) is 52.3 Å². The maximum absolute atomic E-state index is 13.5. The summed E-state index contributed by atoms with van der Waals surface area (Å²) in [6, 6.07) is 12.7. The Kier molecular flexibility index (Phi) is 4.50. The molecule has 0 bridgehead atoms. The molecule has 0 unspecified atom stereocenters. The van der Waals surface area contributed by atoms with Crippen molar-refractivity contribution in [3.05, 3.63) is 53.1 Å². The molecule has 0 radical (unpaired) electrons. The lowest BCUT2D eigenvalue weighted by Crippen LogP contribution is -2.49. The van der Waals surface area contributed by atoms with Crippen molar-refractivity contribution in [1.82, 2.24) is 0 Å². The van der Waals surface area contributed by atoms with E-state index in [1.54, 1.807) is 34.3 Å². The Bertz CT molecular complexity index is 896. The number of halogens is 1. The number of hydrogen-bond acceptors (Lipinski definition) is 3. The van der Waals surface area contributed by atoms with Crippen LogP contribution in [0.4, 0.5) is 5.69 Å². The summed E-state index contributed by atoms with van der Waals surface area (Å²) in [6.45, 7) is 1.96. The molecule has 132 valence electrons. The topological polar surface area (TPSA) is 37.4 Å². The molecule has 0 amide bonds. The lowest BCUT2D eigenvalue weighted by Gasteiger charge is -2.44. The van der Waals surface area contributed by atoms with Gasteiger partial charge in [0, 0.05) is 15.2 Å². The maximum atomic E-state index is 13.5. The van der Waals surface area contributed by atoms with Crippen LogP contribution in [0.5, 0.6) is 0 Å². The zero-order valence-corrected chi connectivity index (χ0v) is 16.4. The number of thioether (sulfide) groups is 1. The third-order valence-electron chi connectivity index (χ3n) is 4.98. The van der Waals surface area contributed by atoms with E-state index in [0.29, 0.717) is 15.2 Å². The Labute approximate surface area is 158 Å². The Balaban J connectivity index is 1.86. The van der Waals surface area contributed by atoms with Gasteiger partial charge in [0.1, 0.15) is 0 Å². The predicted molar refractivity (Wildman–Crippen MR) is 104 cm³/mol. The van der Waals surface area contributed by atoms with E-state index in [1.807, 2.05) is 31.2 Å². The fraction of sp³-hybridized carbons (Fsp3) is 0.368. The quantitative estimate of drug-likeness (QED) is 0.698. The van der Waals surface area contributed by atoms with E-state index in [-0.39, 0.29) is 6.04 Å². The molecule has 2 aromatic rings. The molecule has 3 nitrogen and oxygen atoms in total. The van der Waals surface area contributed by atoms with Crippen LogP contribution in [0.2, 0.25) is 5.02 Å². The normalized spacial score (nSPS) is 23.0. The standard InChI is InChI=1S/C19H20ClNO2S2/c1-13-6-9-15(10-7-13)25(22,23)21-16-4-2-3-5-18(16)24-19-12-14(20)8-11-17(19)21/h6-12,16,18H,2-5H2,1H3/t16-,18-/m0/s1. The largest absolute Gasteiger partial charge is 0.264 e. The number of aryl methyl sites for hydroxylation is 1. The lowest BCUT2D eigenvalue weighted by molar-refractivity contribution is 0.444. The van der Waals surface area contributed by atoms with Crippen LogP contribution in [-0.2, 0) is 10.0 Å². The van der Waals surface area contributed by atoms with Gasteiger partial charge in [-0.1, -0.05) is 42.1 Å². The van der Waals surface area contributed by atoms with Gasteiger partial charge in [-0.15, -0.1) is 11.8 Å². The van der Waals surface area contributed by atoms with Crippen LogP contribution in [0, 0.1) is 6.92 Å². The van der Waals surface area contributed by atoms with Crippen LogP contribution in [0.3, 0.4) is 0 Å². The summed E-state index contributed by atoms with van der Waals surface area (Å²) in [5, 5.41) is 0.938. The second-order valence-corrected chi connectivity index (χ2v) is 10.3. The number of sulfonamides is 1. The number of benzene rings is 2. The molecule has 1 heterocycles. The Hall–Kier alpha value is -1.17. The molecule has 0 spiro atoms. The molecule has 0 N–H and O–H groups in total. The second-order valence-electron chi connectivity index (χ2n) is 6.73. The summed E-state index contributed by atoms with van der Waals surface area (Å²) in [5.41, 5.74) is 1.81. The van der Waals surface area contributed by atoms with Crippen LogP contribution < -0.4 is 4.31 Å². The van der Waals surface area contributed by atoms with Gasteiger partial charge in [-0.05, 0) is 50.1 Å². The van der Waals surface area contributed by atoms with Crippen LogP contribution in [0.1, 0.15) is 31.2 Å². The SMILES string of the molecule is Cc1ccc(S(=O)(=O)N2c3ccc(Cl)cc3S[C@H]3CCCC[C@@H]32)cc1. The highest BCUT2D eigenvalue weighted by molar-refractivity contribution is 8.00. The van der Waals surface area contributed by atoms with Gasteiger partial charge in [0.15, 0.2) is 0 Å². The zero-order chi connectivity index (χ0) is 17.6. The third kappa shape index (κ3) is 3.07. The molecular weight excluding hydrogens is 374 g/mol. The summed E-state index contributed by atoms with van der Waals surface area (Å²) in [4.78, 5) is 1.32. The fourth-order valence-electron chi connectivity index (χ4n) is 3.72. The van der Waals surface area contributed by atoms with Crippen molar-refractivity contribution in [2.75, 3.05) is 4.31 Å². The van der Waals surface area contributed by atoms with Gasteiger partial charge in [0.25, 0.3) is 10.0 Å². The predicted octanol–water partition coefficient (Wildman–Crippen LogP) is 5.26. The van der Waals surface area contributed by atoms with Crippen molar-refractivity contribution in [3.63, 3.8) is 0 Å². The molecule has 2 aliphatic rings. The summed E-state index contributed by atoms with van der Waals surface area (Å²) in [7, 11) is -3.60. The van der Waals surface area contributed by atoms with E-state index in [9.17, 15) is 8.42 Å². The van der Waals surface area contributed by atoms with E-state index in [4.69, 9.17) is 11.6 Å². The molecule has 25 heavy (non-hydrogen) atoms. The number of anilines is 1. The van der Waals surface area contributed by atoms with Crippen molar-refractivity contribution < 1.29 is 8.42 Å². The summed E-state index contributed by atoms with van der Waals surface area (Å²) >= 11 is 7.95. The highest BCUT2D eigenvalue weighted by Gasteiger charge is 2.42. The molecule has 6 heteroatoms. The van der Waals surface area contributed by atoms with Crippen LogP contribution in [0.25, 0.3) is 0 Å². The first-order chi connectivity index (χ1) is 12.0. The van der Waals surface area contributed by atoms with E-state index < -0.39 is 10.0 Å².